The number of fused-ring (bicyclic) bond motifs is 1. The van der Waals surface area contributed by atoms with Crippen molar-refractivity contribution in [3.63, 3.8) is 0 Å². The number of aromatic nitrogens is 5. The van der Waals surface area contributed by atoms with Gasteiger partial charge in [0, 0.05) is 51.3 Å². The third kappa shape index (κ3) is 8.62. The predicted octanol–water partition coefficient (Wildman–Crippen LogP) is 5.70. The molecule has 320 valence electrons. The van der Waals surface area contributed by atoms with Crippen molar-refractivity contribution in [2.75, 3.05) is 32.8 Å². The molecule has 6 heterocycles. The number of β-amino-alcohol motifs (C(OH)–C–C–N with tert-alkyl or cyclic N) is 1. The molecule has 2 aliphatic heterocycles. The number of hydrogen-bond acceptors (Lipinski definition) is 13. The van der Waals surface area contributed by atoms with Gasteiger partial charge in [0.25, 0.3) is 5.88 Å². The van der Waals surface area contributed by atoms with Crippen LogP contribution in [0.1, 0.15) is 74.7 Å². The van der Waals surface area contributed by atoms with Gasteiger partial charge in [0.2, 0.25) is 11.8 Å². The van der Waals surface area contributed by atoms with Crippen molar-refractivity contribution >= 4 is 34.2 Å². The molecule has 16 heteroatoms. The van der Waals surface area contributed by atoms with Crippen molar-refractivity contribution in [2.24, 2.45) is 13.0 Å². The first-order valence-electron chi connectivity index (χ1n) is 20.7. The molecule has 0 radical (unpaired) electrons. The zero-order valence-corrected chi connectivity index (χ0v) is 35.8. The van der Waals surface area contributed by atoms with Gasteiger partial charge in [-0.2, -0.15) is 0 Å². The van der Waals surface area contributed by atoms with Crippen LogP contribution in [0.2, 0.25) is 0 Å². The van der Waals surface area contributed by atoms with Crippen molar-refractivity contribution in [3.05, 3.63) is 95.0 Å². The fourth-order valence-electron chi connectivity index (χ4n) is 8.67. The van der Waals surface area contributed by atoms with E-state index in [-0.39, 0.29) is 48.4 Å². The predicted molar refractivity (Wildman–Crippen MR) is 230 cm³/mol. The van der Waals surface area contributed by atoms with Gasteiger partial charge in [-0.05, 0) is 73.2 Å². The molecule has 61 heavy (non-hydrogen) atoms. The van der Waals surface area contributed by atoms with Gasteiger partial charge >= 0.3 is 0 Å². The number of nitrogens with one attached hydrogen (secondary N) is 1. The van der Waals surface area contributed by atoms with Crippen LogP contribution >= 0.6 is 11.3 Å². The molecule has 4 atom stereocenters. The SMILES string of the molecule is Cc1ncsc1-c1ccc([C@H](C)NC(=O)[C@@H]2C[C@@H](O)CN2C(=O)[C@@H](c2cc(OCCN3CCC(O)(c4cc5nnc(-c6ccccc6O)cc5n4C)CC3)no2)C(C)C)cc1. The molecule has 4 N–H and O–H groups in total. The summed E-state index contributed by atoms with van der Waals surface area (Å²) in [7, 11) is 1.91. The number of phenols is 1. The number of amides is 2. The Balaban J connectivity index is 0.850. The fourth-order valence-corrected chi connectivity index (χ4v) is 9.48. The fraction of sp³-hybridized carbons (Fsp3) is 0.422. The first-order valence-corrected chi connectivity index (χ1v) is 21.6. The third-order valence-electron chi connectivity index (χ3n) is 12.2. The topological polar surface area (TPSA) is 192 Å². The maximum Gasteiger partial charge on any atom is 0.254 e. The minimum absolute atomic E-state index is 0.0368. The van der Waals surface area contributed by atoms with E-state index in [1.165, 1.54) is 4.90 Å². The lowest BCUT2D eigenvalue weighted by Gasteiger charge is -2.38. The Hall–Kier alpha value is -5.68. The molecule has 15 nitrogen and oxygen atoms in total. The Morgan fingerprint density at radius 3 is 2.51 bits per heavy atom. The molecule has 2 aromatic carbocycles. The van der Waals surface area contributed by atoms with Crippen LogP contribution in [0.5, 0.6) is 11.6 Å². The molecule has 2 saturated heterocycles. The molecule has 8 rings (SSSR count). The molecule has 0 saturated carbocycles. The van der Waals surface area contributed by atoms with Crippen LogP contribution in [0.4, 0.5) is 0 Å². The van der Waals surface area contributed by atoms with Crippen molar-refractivity contribution in [2.45, 2.75) is 76.7 Å². The van der Waals surface area contributed by atoms with E-state index in [9.17, 15) is 24.9 Å². The van der Waals surface area contributed by atoms with Gasteiger partial charge in [0.1, 0.15) is 35.4 Å². The maximum atomic E-state index is 14.2. The van der Waals surface area contributed by atoms with Gasteiger partial charge in [0.15, 0.2) is 5.76 Å². The number of carbonyl (C=O) groups is 2. The largest absolute Gasteiger partial charge is 0.507 e. The minimum Gasteiger partial charge on any atom is -0.507 e. The molecule has 4 aromatic heterocycles. The number of aliphatic hydroxyl groups excluding tert-OH is 1. The molecule has 0 bridgehead atoms. The van der Waals surface area contributed by atoms with Crippen LogP contribution in [0.3, 0.4) is 0 Å². The Kier molecular flexibility index (Phi) is 12.0. The number of aromatic hydroxyl groups is 1. The van der Waals surface area contributed by atoms with Gasteiger partial charge in [-0.15, -0.1) is 21.5 Å². The molecule has 2 aliphatic rings. The van der Waals surface area contributed by atoms with Crippen molar-refractivity contribution in [3.8, 4) is 33.3 Å². The van der Waals surface area contributed by atoms with Crippen LogP contribution in [0.15, 0.2) is 76.8 Å². The second-order valence-electron chi connectivity index (χ2n) is 16.6. The van der Waals surface area contributed by atoms with Gasteiger partial charge in [-0.1, -0.05) is 50.2 Å². The van der Waals surface area contributed by atoms with Crippen LogP contribution in [0.25, 0.3) is 32.7 Å². The lowest BCUT2D eigenvalue weighted by molar-refractivity contribution is -0.141. The second kappa shape index (κ2) is 17.4. The summed E-state index contributed by atoms with van der Waals surface area (Å²) in [6.07, 6.45) is 0.311. The average molecular weight is 849 g/mol. The number of ether oxygens (including phenoxy) is 1. The highest BCUT2D eigenvalue weighted by molar-refractivity contribution is 7.13. The molecule has 0 unspecified atom stereocenters. The molecule has 0 spiro atoms. The number of aliphatic hydroxyl groups is 2. The molecular weight excluding hydrogens is 797 g/mol. The Morgan fingerprint density at radius 2 is 1.80 bits per heavy atom. The van der Waals surface area contributed by atoms with Gasteiger partial charge in [-0.25, -0.2) is 4.98 Å². The first kappa shape index (κ1) is 42.0. The van der Waals surface area contributed by atoms with Crippen LogP contribution in [0, 0.1) is 12.8 Å². The Labute approximate surface area is 358 Å². The number of carbonyl (C=O) groups excluding carboxylic acids is 2. The molecule has 0 aliphatic carbocycles. The first-order chi connectivity index (χ1) is 29.3. The number of piperidine rings is 1. The number of para-hydroxylation sites is 1. The lowest BCUT2D eigenvalue weighted by Crippen LogP contribution is -2.48. The van der Waals surface area contributed by atoms with E-state index in [4.69, 9.17) is 9.26 Å². The highest BCUT2D eigenvalue weighted by atomic mass is 32.1. The standard InChI is InChI=1S/C45H52N8O7S/c1-26(2)41(44(57)53-24-31(54)20-36(53)43(56)47-27(3)29-10-12-30(13-11-29)42-28(4)46-25-61-42)38-23-40(50-60-38)59-19-18-52-16-14-45(58,15-17-52)39-22-34-35(51(39)5)21-33(48-49-34)32-8-6-7-9-37(32)55/h6-13,21-23,25-27,31,36,41,54-55,58H,14-20,24H2,1-5H3,(H,47,56)/t27-,31+,36-,41+/m0/s1. The quantitative estimate of drug-likeness (QED) is 0.111. The van der Waals surface area contributed by atoms with Crippen LogP contribution < -0.4 is 10.1 Å². The highest BCUT2D eigenvalue weighted by Crippen LogP contribution is 2.37. The second-order valence-corrected chi connectivity index (χ2v) is 17.5. The summed E-state index contributed by atoms with van der Waals surface area (Å²) in [4.78, 5) is 37.0. The number of phenolic OH excluding ortho intramolecular Hbond substituents is 1. The van der Waals surface area contributed by atoms with E-state index < -0.39 is 23.7 Å². The van der Waals surface area contributed by atoms with E-state index in [0.29, 0.717) is 61.6 Å². The average Bonchev–Trinajstić information content (AvgIpc) is 4.06. The number of likely N-dealkylation sites (tertiary alicyclic amines) is 2. The summed E-state index contributed by atoms with van der Waals surface area (Å²) in [6, 6.07) is 19.2. The molecule has 2 amide bonds. The van der Waals surface area contributed by atoms with E-state index in [1.54, 1.807) is 35.6 Å². The number of thiazole rings is 1. The Morgan fingerprint density at radius 1 is 1.05 bits per heavy atom. The van der Waals surface area contributed by atoms with E-state index >= 15 is 0 Å². The summed E-state index contributed by atoms with van der Waals surface area (Å²) in [5.41, 5.74) is 7.12. The summed E-state index contributed by atoms with van der Waals surface area (Å²) in [5.74, 6) is -0.885. The smallest absolute Gasteiger partial charge is 0.254 e. The third-order valence-corrected chi connectivity index (χ3v) is 13.2. The monoisotopic (exact) mass is 848 g/mol. The Bertz CT molecular complexity index is 2510. The number of rotatable bonds is 13. The molecule has 6 aromatic rings. The van der Waals surface area contributed by atoms with Gasteiger partial charge in [0.05, 0.1) is 45.1 Å². The van der Waals surface area contributed by atoms with Crippen LogP contribution in [-0.4, -0.2) is 107 Å². The van der Waals surface area contributed by atoms with Gasteiger partial charge in [-0.3, -0.25) is 14.5 Å². The van der Waals surface area contributed by atoms with Crippen LogP contribution in [-0.2, 0) is 22.2 Å². The summed E-state index contributed by atoms with van der Waals surface area (Å²) < 4.78 is 13.6. The maximum absolute atomic E-state index is 14.2. The normalized spacial score (nSPS) is 19.0. The molecule has 2 fully saturated rings. The van der Waals surface area contributed by atoms with Crippen molar-refractivity contribution < 1.29 is 34.2 Å². The zero-order valence-electron chi connectivity index (χ0n) is 35.0. The van der Waals surface area contributed by atoms with E-state index in [1.807, 2.05) is 87.3 Å². The van der Waals surface area contributed by atoms with Gasteiger partial charge < -0.3 is 39.4 Å². The van der Waals surface area contributed by atoms with Crippen molar-refractivity contribution in [1.29, 1.82) is 0 Å². The number of hydrogen-bond donors (Lipinski definition) is 4. The summed E-state index contributed by atoms with van der Waals surface area (Å²) in [6.45, 7) is 9.91. The summed E-state index contributed by atoms with van der Waals surface area (Å²) in [5, 5.41) is 48.8. The molecular formula is C45H52N8O7S. The zero-order chi connectivity index (χ0) is 43.0. The number of aryl methyl sites for hydroxylation is 2. The minimum atomic E-state index is -1.06. The van der Waals surface area contributed by atoms with Crippen molar-refractivity contribution in [1.82, 2.24) is 40.0 Å². The lowest BCUT2D eigenvalue weighted by atomic mass is 9.88. The summed E-state index contributed by atoms with van der Waals surface area (Å²) >= 11 is 1.58. The van der Waals surface area contributed by atoms with E-state index in [2.05, 4.69) is 30.6 Å². The van der Waals surface area contributed by atoms with E-state index in [0.717, 1.165) is 32.9 Å². The number of benzene rings is 2. The number of nitrogens with zero attached hydrogens (tertiary/aromatic N) is 7. The highest BCUT2D eigenvalue weighted by Gasteiger charge is 2.44.